The first-order valence-corrected chi connectivity index (χ1v) is 8.84. The van der Waals surface area contributed by atoms with Gasteiger partial charge in [-0.1, -0.05) is 12.1 Å². The summed E-state index contributed by atoms with van der Waals surface area (Å²) in [7, 11) is 0. The minimum Gasteiger partial charge on any atom is -0.379 e. The van der Waals surface area contributed by atoms with Crippen LogP contribution in [-0.2, 0) is 15.9 Å². The van der Waals surface area contributed by atoms with Gasteiger partial charge in [-0.15, -0.1) is 0 Å². The zero-order chi connectivity index (χ0) is 16.6. The molecular weight excluding hydrogens is 306 g/mol. The van der Waals surface area contributed by atoms with Crippen LogP contribution < -0.4 is 10.6 Å². The number of carbonyl (C=O) groups excluding carboxylic acids is 1. The molecule has 2 saturated heterocycles. The topological polar surface area (TPSA) is 62.8 Å². The lowest BCUT2D eigenvalue weighted by atomic mass is 10.1. The van der Waals surface area contributed by atoms with Crippen LogP contribution in [0.5, 0.6) is 0 Å². The highest BCUT2D eigenvalue weighted by Gasteiger charge is 2.16. The van der Waals surface area contributed by atoms with Gasteiger partial charge in [-0.25, -0.2) is 4.79 Å². The van der Waals surface area contributed by atoms with Gasteiger partial charge in [0.2, 0.25) is 0 Å². The maximum atomic E-state index is 12.0. The Hall–Kier alpha value is -1.63. The van der Waals surface area contributed by atoms with E-state index in [0.29, 0.717) is 6.61 Å². The SMILES string of the molecule is O=C(Nc1ccc(CCN2CCOCC2)cc1)N[C@H]1CCCOC1. The van der Waals surface area contributed by atoms with Gasteiger partial charge >= 0.3 is 6.03 Å². The molecule has 132 valence electrons. The maximum Gasteiger partial charge on any atom is 0.319 e. The van der Waals surface area contributed by atoms with Gasteiger partial charge in [-0.05, 0) is 37.0 Å². The van der Waals surface area contributed by atoms with E-state index in [0.717, 1.165) is 64.4 Å². The Kier molecular flexibility index (Phi) is 6.46. The average Bonchev–Trinajstić information content (AvgIpc) is 2.63. The first kappa shape index (κ1) is 17.2. The van der Waals surface area contributed by atoms with Crippen LogP contribution in [0.4, 0.5) is 10.5 Å². The van der Waals surface area contributed by atoms with Gasteiger partial charge in [0.1, 0.15) is 0 Å². The number of amides is 2. The molecule has 0 aliphatic carbocycles. The molecule has 2 heterocycles. The lowest BCUT2D eigenvalue weighted by Gasteiger charge is -2.26. The van der Waals surface area contributed by atoms with Gasteiger partial charge < -0.3 is 20.1 Å². The molecule has 2 aliphatic rings. The van der Waals surface area contributed by atoms with Crippen LogP contribution in [-0.4, -0.2) is 63.0 Å². The summed E-state index contributed by atoms with van der Waals surface area (Å²) in [6.07, 6.45) is 3.00. The molecule has 1 atom stereocenters. The molecule has 0 radical (unpaired) electrons. The highest BCUT2D eigenvalue weighted by Crippen LogP contribution is 2.12. The van der Waals surface area contributed by atoms with E-state index in [9.17, 15) is 4.79 Å². The first-order chi connectivity index (χ1) is 11.8. The van der Waals surface area contributed by atoms with E-state index >= 15 is 0 Å². The van der Waals surface area contributed by atoms with Crippen molar-refractivity contribution in [2.45, 2.75) is 25.3 Å². The molecule has 2 amide bonds. The van der Waals surface area contributed by atoms with Crippen LogP contribution in [0.2, 0.25) is 0 Å². The largest absolute Gasteiger partial charge is 0.379 e. The molecule has 0 bridgehead atoms. The normalized spacial score (nSPS) is 22.1. The number of anilines is 1. The van der Waals surface area contributed by atoms with Crippen LogP contribution >= 0.6 is 0 Å². The molecule has 2 fully saturated rings. The number of nitrogens with zero attached hydrogens (tertiary/aromatic N) is 1. The predicted octanol–water partition coefficient (Wildman–Crippen LogP) is 1.86. The monoisotopic (exact) mass is 333 g/mol. The fraction of sp³-hybridized carbons (Fsp3) is 0.611. The third kappa shape index (κ3) is 5.47. The smallest absolute Gasteiger partial charge is 0.319 e. The third-order valence-corrected chi connectivity index (χ3v) is 4.53. The highest BCUT2D eigenvalue weighted by atomic mass is 16.5. The van der Waals surface area contributed by atoms with E-state index in [2.05, 4.69) is 27.7 Å². The molecule has 3 rings (SSSR count). The van der Waals surface area contributed by atoms with E-state index in [1.165, 1.54) is 5.56 Å². The van der Waals surface area contributed by atoms with Gasteiger partial charge in [-0.3, -0.25) is 4.90 Å². The second-order valence-corrected chi connectivity index (χ2v) is 6.41. The van der Waals surface area contributed by atoms with Crippen LogP contribution in [0.3, 0.4) is 0 Å². The molecule has 0 spiro atoms. The van der Waals surface area contributed by atoms with Crippen molar-refractivity contribution in [1.29, 1.82) is 0 Å². The Morgan fingerprint density at radius 1 is 1.12 bits per heavy atom. The van der Waals surface area contributed by atoms with Crippen molar-refractivity contribution >= 4 is 11.7 Å². The average molecular weight is 333 g/mol. The minimum absolute atomic E-state index is 0.117. The summed E-state index contributed by atoms with van der Waals surface area (Å²) in [5.41, 5.74) is 2.10. The Morgan fingerprint density at radius 3 is 2.62 bits per heavy atom. The Morgan fingerprint density at radius 2 is 1.92 bits per heavy atom. The van der Waals surface area contributed by atoms with Crippen molar-refractivity contribution in [2.75, 3.05) is 51.4 Å². The molecule has 6 nitrogen and oxygen atoms in total. The molecule has 1 aromatic rings. The fourth-order valence-electron chi connectivity index (χ4n) is 3.07. The summed E-state index contributed by atoms with van der Waals surface area (Å²) in [5.74, 6) is 0. The maximum absolute atomic E-state index is 12.0. The summed E-state index contributed by atoms with van der Waals surface area (Å²) in [4.78, 5) is 14.4. The van der Waals surface area contributed by atoms with Gasteiger partial charge in [0, 0.05) is 31.9 Å². The quantitative estimate of drug-likeness (QED) is 0.863. The fourth-order valence-corrected chi connectivity index (χ4v) is 3.07. The van der Waals surface area contributed by atoms with E-state index in [-0.39, 0.29) is 12.1 Å². The number of rotatable bonds is 5. The van der Waals surface area contributed by atoms with E-state index in [1.807, 2.05) is 12.1 Å². The number of hydrogen-bond donors (Lipinski definition) is 2. The van der Waals surface area contributed by atoms with Crippen molar-refractivity contribution in [1.82, 2.24) is 10.2 Å². The van der Waals surface area contributed by atoms with Crippen molar-refractivity contribution in [2.24, 2.45) is 0 Å². The van der Waals surface area contributed by atoms with Crippen LogP contribution in [0.15, 0.2) is 24.3 Å². The number of urea groups is 1. The molecular formula is C18H27N3O3. The molecule has 0 aromatic heterocycles. The van der Waals surface area contributed by atoms with Gasteiger partial charge in [0.15, 0.2) is 0 Å². The van der Waals surface area contributed by atoms with Gasteiger partial charge in [0.05, 0.1) is 25.9 Å². The zero-order valence-corrected chi connectivity index (χ0v) is 14.1. The number of ether oxygens (including phenoxy) is 2. The summed E-state index contributed by atoms with van der Waals surface area (Å²) in [6, 6.07) is 8.05. The number of benzene rings is 1. The van der Waals surface area contributed by atoms with Gasteiger partial charge in [-0.2, -0.15) is 0 Å². The minimum atomic E-state index is -0.161. The summed E-state index contributed by atoms with van der Waals surface area (Å²) in [6.45, 7) is 6.17. The van der Waals surface area contributed by atoms with Crippen LogP contribution in [0.25, 0.3) is 0 Å². The lowest BCUT2D eigenvalue weighted by Crippen LogP contribution is -2.42. The molecule has 2 N–H and O–H groups in total. The van der Waals surface area contributed by atoms with E-state index in [1.54, 1.807) is 0 Å². The van der Waals surface area contributed by atoms with Crippen molar-refractivity contribution < 1.29 is 14.3 Å². The summed E-state index contributed by atoms with van der Waals surface area (Å²) >= 11 is 0. The molecule has 1 aromatic carbocycles. The number of carbonyl (C=O) groups is 1. The van der Waals surface area contributed by atoms with Crippen molar-refractivity contribution in [3.05, 3.63) is 29.8 Å². The lowest BCUT2D eigenvalue weighted by molar-refractivity contribution is 0.0384. The second kappa shape index (κ2) is 9.01. The summed E-state index contributed by atoms with van der Waals surface area (Å²) in [5, 5.41) is 5.85. The van der Waals surface area contributed by atoms with E-state index in [4.69, 9.17) is 9.47 Å². The molecule has 24 heavy (non-hydrogen) atoms. The zero-order valence-electron chi connectivity index (χ0n) is 14.1. The van der Waals surface area contributed by atoms with E-state index < -0.39 is 0 Å². The second-order valence-electron chi connectivity index (χ2n) is 6.41. The standard InChI is InChI=1S/C18H27N3O3/c22-18(20-17-2-1-11-24-14-17)19-16-5-3-15(4-6-16)7-8-21-9-12-23-13-10-21/h3-6,17H,1-2,7-14H2,(H2,19,20,22)/t17-/m0/s1. The molecule has 2 aliphatic heterocycles. The highest BCUT2D eigenvalue weighted by molar-refractivity contribution is 5.89. The van der Waals surface area contributed by atoms with Crippen molar-refractivity contribution in [3.63, 3.8) is 0 Å². The Labute approximate surface area is 143 Å². The Balaban J connectivity index is 1.41. The van der Waals surface area contributed by atoms with Crippen LogP contribution in [0.1, 0.15) is 18.4 Å². The summed E-state index contributed by atoms with van der Waals surface area (Å²) < 4.78 is 10.7. The molecule has 0 saturated carbocycles. The molecule has 6 heteroatoms. The predicted molar refractivity (Wildman–Crippen MR) is 93.4 cm³/mol. The first-order valence-electron chi connectivity index (χ1n) is 8.84. The third-order valence-electron chi connectivity index (χ3n) is 4.53. The number of hydrogen-bond acceptors (Lipinski definition) is 4. The Bertz CT molecular complexity index is 509. The molecule has 0 unspecified atom stereocenters. The van der Waals surface area contributed by atoms with Gasteiger partial charge in [0.25, 0.3) is 0 Å². The number of nitrogens with one attached hydrogen (secondary N) is 2. The van der Waals surface area contributed by atoms with Crippen LogP contribution in [0, 0.1) is 0 Å². The van der Waals surface area contributed by atoms with Crippen molar-refractivity contribution in [3.8, 4) is 0 Å². The number of morpholine rings is 1.